The Bertz CT molecular complexity index is 559. The molecule has 1 amide bonds. The van der Waals surface area contributed by atoms with Crippen LogP contribution in [-0.4, -0.2) is 15.5 Å². The van der Waals surface area contributed by atoms with Gasteiger partial charge in [0.2, 0.25) is 0 Å². The zero-order valence-corrected chi connectivity index (χ0v) is 11.4. The summed E-state index contributed by atoms with van der Waals surface area (Å²) in [6, 6.07) is 5.11. The molecular weight excluding hydrogens is 296 g/mol. The van der Waals surface area contributed by atoms with E-state index in [1.807, 2.05) is 17.8 Å². The molecule has 0 spiro atoms. The summed E-state index contributed by atoms with van der Waals surface area (Å²) in [6.45, 7) is 0.384. The molecule has 1 aromatic heterocycles. The molecule has 2 rings (SSSR count). The molecule has 3 N–H and O–H groups in total. The van der Waals surface area contributed by atoms with E-state index < -0.39 is 0 Å². The minimum Gasteiger partial charge on any atom is -0.399 e. The molecule has 0 bridgehead atoms. The van der Waals surface area contributed by atoms with E-state index in [1.165, 1.54) is 0 Å². The van der Waals surface area contributed by atoms with Gasteiger partial charge >= 0.3 is 0 Å². The number of hydrogen-bond acceptors (Lipinski definition) is 3. The van der Waals surface area contributed by atoms with Gasteiger partial charge in [0.05, 0.1) is 6.54 Å². The molecule has 0 unspecified atom stereocenters. The van der Waals surface area contributed by atoms with Crippen LogP contribution < -0.4 is 11.1 Å². The average molecular weight is 309 g/mol. The summed E-state index contributed by atoms with van der Waals surface area (Å²) < 4.78 is 2.64. The highest BCUT2D eigenvalue weighted by atomic mass is 79.9. The number of amides is 1. The van der Waals surface area contributed by atoms with E-state index in [0.29, 0.717) is 17.8 Å². The molecule has 5 nitrogen and oxygen atoms in total. The number of halogens is 1. The fourth-order valence-corrected chi connectivity index (χ4v) is 2.08. The summed E-state index contributed by atoms with van der Waals surface area (Å²) in [5, 5.41) is 2.80. The Morgan fingerprint density at radius 2 is 2.28 bits per heavy atom. The van der Waals surface area contributed by atoms with Gasteiger partial charge in [0.15, 0.2) is 0 Å². The van der Waals surface area contributed by atoms with Crippen molar-refractivity contribution >= 4 is 27.5 Å². The number of benzene rings is 1. The largest absolute Gasteiger partial charge is 0.399 e. The van der Waals surface area contributed by atoms with Gasteiger partial charge in [-0.2, -0.15) is 0 Å². The molecule has 2 aromatic rings. The molecule has 0 aliphatic heterocycles. The summed E-state index contributed by atoms with van der Waals surface area (Å²) in [6.07, 6.45) is 3.52. The van der Waals surface area contributed by atoms with Gasteiger partial charge in [-0.15, -0.1) is 0 Å². The highest BCUT2D eigenvalue weighted by Crippen LogP contribution is 2.17. The molecule has 0 fully saturated rings. The van der Waals surface area contributed by atoms with E-state index in [0.717, 1.165) is 10.3 Å². The lowest BCUT2D eigenvalue weighted by molar-refractivity contribution is 0.0949. The fourth-order valence-electron chi connectivity index (χ4n) is 1.57. The van der Waals surface area contributed by atoms with Crippen LogP contribution >= 0.6 is 15.9 Å². The van der Waals surface area contributed by atoms with Crippen molar-refractivity contribution in [2.45, 2.75) is 6.54 Å². The monoisotopic (exact) mass is 308 g/mol. The van der Waals surface area contributed by atoms with E-state index in [1.54, 1.807) is 24.4 Å². The Morgan fingerprint density at radius 3 is 2.89 bits per heavy atom. The number of aryl methyl sites for hydroxylation is 1. The average Bonchev–Trinajstić information content (AvgIpc) is 2.70. The number of carbonyl (C=O) groups is 1. The summed E-state index contributed by atoms with van der Waals surface area (Å²) in [4.78, 5) is 16.1. The zero-order chi connectivity index (χ0) is 13.1. The van der Waals surface area contributed by atoms with Crippen molar-refractivity contribution in [3.63, 3.8) is 0 Å². The molecular formula is C12H13BrN4O. The molecule has 1 heterocycles. The number of nitrogens with two attached hydrogens (primary N) is 1. The number of nitrogens with zero attached hydrogens (tertiary/aromatic N) is 2. The van der Waals surface area contributed by atoms with Crippen LogP contribution in [0, 0.1) is 0 Å². The van der Waals surface area contributed by atoms with Gasteiger partial charge in [-0.05, 0) is 18.2 Å². The normalized spacial score (nSPS) is 10.3. The van der Waals surface area contributed by atoms with Crippen LogP contribution in [0.5, 0.6) is 0 Å². The predicted molar refractivity (Wildman–Crippen MR) is 72.9 cm³/mol. The number of rotatable bonds is 3. The first-order valence-electron chi connectivity index (χ1n) is 5.37. The first kappa shape index (κ1) is 12.6. The van der Waals surface area contributed by atoms with Crippen LogP contribution in [0.15, 0.2) is 35.1 Å². The maximum Gasteiger partial charge on any atom is 0.251 e. The van der Waals surface area contributed by atoms with Gasteiger partial charge in [-0.25, -0.2) is 4.98 Å². The van der Waals surface area contributed by atoms with Crippen LogP contribution in [0.2, 0.25) is 0 Å². The molecule has 0 radical (unpaired) electrons. The third kappa shape index (κ3) is 2.89. The number of hydrogen-bond donors (Lipinski definition) is 2. The number of imidazole rings is 1. The van der Waals surface area contributed by atoms with Crippen LogP contribution in [-0.2, 0) is 13.6 Å². The van der Waals surface area contributed by atoms with Gasteiger partial charge in [0.1, 0.15) is 5.82 Å². The molecule has 18 heavy (non-hydrogen) atoms. The molecule has 0 aliphatic carbocycles. The Labute approximate surface area is 113 Å². The van der Waals surface area contributed by atoms with Gasteiger partial charge in [-0.3, -0.25) is 4.79 Å². The maximum absolute atomic E-state index is 11.9. The standard InChI is InChI=1S/C12H13BrN4O/c1-17-3-2-15-11(17)7-16-12(18)8-4-9(13)6-10(14)5-8/h2-6H,7,14H2,1H3,(H,16,18). The first-order valence-corrected chi connectivity index (χ1v) is 6.16. The van der Waals surface area contributed by atoms with Gasteiger partial charge in [-0.1, -0.05) is 15.9 Å². The van der Waals surface area contributed by atoms with Crippen molar-refractivity contribution in [3.05, 3.63) is 46.5 Å². The Hall–Kier alpha value is -1.82. The van der Waals surface area contributed by atoms with E-state index >= 15 is 0 Å². The minimum absolute atomic E-state index is 0.175. The molecule has 6 heteroatoms. The van der Waals surface area contributed by atoms with Crippen molar-refractivity contribution in [1.29, 1.82) is 0 Å². The Balaban J connectivity index is 2.06. The van der Waals surface area contributed by atoms with Gasteiger partial charge in [0, 0.05) is 35.2 Å². The molecule has 0 aliphatic rings. The van der Waals surface area contributed by atoms with Crippen molar-refractivity contribution in [2.75, 3.05) is 5.73 Å². The molecule has 1 aromatic carbocycles. The zero-order valence-electron chi connectivity index (χ0n) is 9.85. The van der Waals surface area contributed by atoms with E-state index in [9.17, 15) is 4.79 Å². The topological polar surface area (TPSA) is 72.9 Å². The molecule has 94 valence electrons. The number of anilines is 1. The summed E-state index contributed by atoms with van der Waals surface area (Å²) in [5.41, 5.74) is 6.76. The van der Waals surface area contributed by atoms with Crippen molar-refractivity contribution in [1.82, 2.24) is 14.9 Å². The molecule has 0 saturated heterocycles. The fraction of sp³-hybridized carbons (Fsp3) is 0.167. The predicted octanol–water partition coefficient (Wildman–Crippen LogP) is 1.69. The van der Waals surface area contributed by atoms with Crippen molar-refractivity contribution in [2.24, 2.45) is 7.05 Å². The van der Waals surface area contributed by atoms with Crippen LogP contribution in [0.3, 0.4) is 0 Å². The number of carbonyl (C=O) groups excluding carboxylic acids is 1. The van der Waals surface area contributed by atoms with Gasteiger partial charge < -0.3 is 15.6 Å². The van der Waals surface area contributed by atoms with E-state index in [-0.39, 0.29) is 5.91 Å². The van der Waals surface area contributed by atoms with Crippen molar-refractivity contribution < 1.29 is 4.79 Å². The third-order valence-corrected chi connectivity index (χ3v) is 2.97. The minimum atomic E-state index is -0.175. The first-order chi connectivity index (χ1) is 8.56. The maximum atomic E-state index is 11.9. The lowest BCUT2D eigenvalue weighted by atomic mass is 10.2. The smallest absolute Gasteiger partial charge is 0.251 e. The summed E-state index contributed by atoms with van der Waals surface area (Å²) in [5.74, 6) is 0.623. The summed E-state index contributed by atoms with van der Waals surface area (Å²) >= 11 is 3.31. The second kappa shape index (κ2) is 5.22. The van der Waals surface area contributed by atoms with Crippen molar-refractivity contribution in [3.8, 4) is 0 Å². The number of nitrogen functional groups attached to an aromatic ring is 1. The Morgan fingerprint density at radius 1 is 1.50 bits per heavy atom. The highest BCUT2D eigenvalue weighted by molar-refractivity contribution is 9.10. The van der Waals surface area contributed by atoms with Gasteiger partial charge in [0.25, 0.3) is 5.91 Å². The van der Waals surface area contributed by atoms with Crippen LogP contribution in [0.25, 0.3) is 0 Å². The number of aromatic nitrogens is 2. The van der Waals surface area contributed by atoms with Crippen LogP contribution in [0.4, 0.5) is 5.69 Å². The highest BCUT2D eigenvalue weighted by Gasteiger charge is 2.08. The lowest BCUT2D eigenvalue weighted by Crippen LogP contribution is -2.24. The lowest BCUT2D eigenvalue weighted by Gasteiger charge is -2.06. The SMILES string of the molecule is Cn1ccnc1CNC(=O)c1cc(N)cc(Br)c1. The second-order valence-electron chi connectivity index (χ2n) is 3.91. The summed E-state index contributed by atoms with van der Waals surface area (Å²) in [7, 11) is 1.88. The third-order valence-electron chi connectivity index (χ3n) is 2.51. The number of nitrogens with one attached hydrogen (secondary N) is 1. The van der Waals surface area contributed by atoms with E-state index in [2.05, 4.69) is 26.2 Å². The van der Waals surface area contributed by atoms with Crippen LogP contribution in [0.1, 0.15) is 16.2 Å². The van der Waals surface area contributed by atoms with E-state index in [4.69, 9.17) is 5.73 Å². The quantitative estimate of drug-likeness (QED) is 0.848. The molecule has 0 atom stereocenters. The second-order valence-corrected chi connectivity index (χ2v) is 4.83. The Kier molecular flexibility index (Phi) is 3.66. The molecule has 0 saturated carbocycles.